The Kier molecular flexibility index (Phi) is 8.55. The Morgan fingerprint density at radius 1 is 0.703 bits per heavy atom. The molecule has 0 aliphatic carbocycles. The molecule has 0 aliphatic heterocycles. The Labute approximate surface area is 199 Å². The zero-order valence-corrected chi connectivity index (χ0v) is 18.8. The first kappa shape index (κ1) is 33.0. The van der Waals surface area contributed by atoms with Crippen LogP contribution in [0, 0.1) is 0 Å². The van der Waals surface area contributed by atoms with Gasteiger partial charge in [-0.15, -0.1) is 0 Å². The molecular weight excluding hydrogens is 557 g/mol. The molecular formula is C20H19F15O2. The number of alkyl halides is 15. The number of halogens is 15. The molecule has 0 spiro atoms. The van der Waals surface area contributed by atoms with Crippen LogP contribution >= 0.6 is 0 Å². The number of rotatable bonds is 11. The maximum absolute atomic E-state index is 14.4. The van der Waals surface area contributed by atoms with Gasteiger partial charge in [-0.3, -0.25) is 0 Å². The summed E-state index contributed by atoms with van der Waals surface area (Å²) in [7, 11) is 0. The SMILES string of the molecule is CCC(C)Oc1ccccc1C(C)(O)CC(F)(F)C(F)(F)C(F)(F)C(F)(F)C(F)(F)C(F)(F)C(F)(F)F. The van der Waals surface area contributed by atoms with Crippen LogP contribution in [0.1, 0.15) is 39.2 Å². The average molecular weight is 576 g/mol. The Morgan fingerprint density at radius 3 is 1.54 bits per heavy atom. The van der Waals surface area contributed by atoms with E-state index in [1.165, 1.54) is 13.0 Å². The number of hydrogen-bond acceptors (Lipinski definition) is 2. The van der Waals surface area contributed by atoms with E-state index < -0.39 is 71.2 Å². The molecule has 0 radical (unpaired) electrons. The van der Waals surface area contributed by atoms with Gasteiger partial charge in [0.15, 0.2) is 0 Å². The van der Waals surface area contributed by atoms with E-state index >= 15 is 0 Å². The lowest BCUT2D eigenvalue weighted by atomic mass is 9.83. The van der Waals surface area contributed by atoms with Crippen LogP contribution in [-0.4, -0.2) is 52.9 Å². The van der Waals surface area contributed by atoms with Crippen LogP contribution in [0.2, 0.25) is 0 Å². The average Bonchev–Trinajstić information content (AvgIpc) is 2.71. The smallest absolute Gasteiger partial charge is 0.460 e. The highest BCUT2D eigenvalue weighted by Gasteiger charge is 2.93. The third-order valence-electron chi connectivity index (χ3n) is 5.33. The predicted molar refractivity (Wildman–Crippen MR) is 96.7 cm³/mol. The van der Waals surface area contributed by atoms with Gasteiger partial charge >= 0.3 is 41.7 Å². The van der Waals surface area contributed by atoms with Crippen LogP contribution in [-0.2, 0) is 5.60 Å². The first-order chi connectivity index (χ1) is 16.2. The van der Waals surface area contributed by atoms with Gasteiger partial charge < -0.3 is 9.84 Å². The number of benzene rings is 1. The minimum atomic E-state index is -8.38. The molecule has 0 saturated carbocycles. The lowest BCUT2D eigenvalue weighted by Gasteiger charge is -2.42. The number of aliphatic hydroxyl groups is 1. The molecule has 2 atom stereocenters. The highest BCUT2D eigenvalue weighted by atomic mass is 19.4. The monoisotopic (exact) mass is 576 g/mol. The quantitative estimate of drug-likeness (QED) is 0.272. The van der Waals surface area contributed by atoms with Crippen molar-refractivity contribution in [2.75, 3.05) is 0 Å². The highest BCUT2D eigenvalue weighted by Crippen LogP contribution is 2.63. The van der Waals surface area contributed by atoms with Gasteiger partial charge in [0, 0.05) is 5.56 Å². The fraction of sp³-hybridized carbons (Fsp3) is 0.700. The van der Waals surface area contributed by atoms with Crippen molar-refractivity contribution in [3.63, 3.8) is 0 Å². The highest BCUT2D eigenvalue weighted by molar-refractivity contribution is 5.38. The molecule has 1 aromatic carbocycles. The van der Waals surface area contributed by atoms with Crippen LogP contribution in [0.15, 0.2) is 24.3 Å². The molecule has 0 saturated heterocycles. The van der Waals surface area contributed by atoms with E-state index in [0.29, 0.717) is 6.92 Å². The molecule has 1 N–H and O–H groups in total. The summed E-state index contributed by atoms with van der Waals surface area (Å²) in [6.45, 7) is 3.30. The second-order valence-electron chi connectivity index (χ2n) is 8.36. The Hall–Kier alpha value is -2.07. The van der Waals surface area contributed by atoms with Crippen molar-refractivity contribution < 1.29 is 75.7 Å². The fourth-order valence-corrected chi connectivity index (χ4v) is 2.95. The number of hydrogen-bond donors (Lipinski definition) is 1. The van der Waals surface area contributed by atoms with Crippen molar-refractivity contribution >= 4 is 0 Å². The van der Waals surface area contributed by atoms with Crippen LogP contribution in [0.4, 0.5) is 65.9 Å². The molecule has 2 nitrogen and oxygen atoms in total. The molecule has 0 bridgehead atoms. The van der Waals surface area contributed by atoms with E-state index in [1.54, 1.807) is 6.92 Å². The Balaban J connectivity index is 3.57. The largest absolute Gasteiger partial charge is 0.490 e. The van der Waals surface area contributed by atoms with Crippen LogP contribution < -0.4 is 4.74 Å². The third kappa shape index (κ3) is 5.28. The molecule has 0 aromatic heterocycles. The van der Waals surface area contributed by atoms with Gasteiger partial charge in [0.05, 0.1) is 18.1 Å². The van der Waals surface area contributed by atoms with Gasteiger partial charge in [0.2, 0.25) is 0 Å². The molecule has 216 valence electrons. The van der Waals surface area contributed by atoms with E-state index in [9.17, 15) is 71.0 Å². The third-order valence-corrected chi connectivity index (χ3v) is 5.33. The molecule has 2 unspecified atom stereocenters. The molecule has 1 aromatic rings. The summed E-state index contributed by atoms with van der Waals surface area (Å²) in [5, 5.41) is 10.4. The predicted octanol–water partition coefficient (Wildman–Crippen LogP) is 7.84. The Morgan fingerprint density at radius 2 is 1.11 bits per heavy atom. The maximum Gasteiger partial charge on any atom is 0.460 e. The zero-order valence-electron chi connectivity index (χ0n) is 18.8. The second-order valence-corrected chi connectivity index (χ2v) is 8.36. The normalized spacial score (nSPS) is 17.4. The maximum atomic E-state index is 14.4. The fourth-order valence-electron chi connectivity index (χ4n) is 2.95. The molecule has 17 heteroatoms. The number of para-hydroxylation sites is 1. The standard InChI is InChI=1S/C20H19F15O2/c1-4-10(2)37-12-8-6-5-7-11(12)13(3,36)9-14(21,22)15(23,24)16(25,26)17(27,28)18(29,30)19(31,32)20(33,34)35/h5-8,10,36H,4,9H2,1-3H3. The van der Waals surface area contributed by atoms with Crippen molar-refractivity contribution in [1.82, 2.24) is 0 Å². The van der Waals surface area contributed by atoms with Gasteiger partial charge in [-0.2, -0.15) is 65.9 Å². The minimum Gasteiger partial charge on any atom is -0.490 e. The second kappa shape index (κ2) is 9.59. The van der Waals surface area contributed by atoms with E-state index in [4.69, 9.17) is 4.74 Å². The summed E-state index contributed by atoms with van der Waals surface area (Å²) in [6.07, 6.45) is -11.0. The summed E-state index contributed by atoms with van der Waals surface area (Å²) >= 11 is 0. The van der Waals surface area contributed by atoms with Crippen molar-refractivity contribution in [3.8, 4) is 5.75 Å². The van der Waals surface area contributed by atoms with Gasteiger partial charge in [-0.05, 0) is 26.3 Å². The lowest BCUT2D eigenvalue weighted by Crippen LogP contribution is -2.72. The molecule has 37 heavy (non-hydrogen) atoms. The summed E-state index contributed by atoms with van der Waals surface area (Å²) in [6, 6.07) is 4.00. The van der Waals surface area contributed by atoms with E-state index in [0.717, 1.165) is 18.2 Å². The lowest BCUT2D eigenvalue weighted by molar-refractivity contribution is -0.453. The van der Waals surface area contributed by atoms with Crippen molar-refractivity contribution in [2.24, 2.45) is 0 Å². The Bertz CT molecular complexity index is 938. The summed E-state index contributed by atoms with van der Waals surface area (Å²) in [5.74, 6) is -47.7. The molecule has 0 fully saturated rings. The van der Waals surface area contributed by atoms with Crippen molar-refractivity contribution in [3.05, 3.63) is 29.8 Å². The minimum absolute atomic E-state index is 0.267. The van der Waals surface area contributed by atoms with Crippen LogP contribution in [0.5, 0.6) is 5.75 Å². The van der Waals surface area contributed by atoms with Crippen LogP contribution in [0.25, 0.3) is 0 Å². The van der Waals surface area contributed by atoms with Crippen molar-refractivity contribution in [2.45, 2.75) is 87.0 Å². The van der Waals surface area contributed by atoms with E-state index in [-0.39, 0.29) is 6.42 Å². The molecule has 0 aliphatic rings. The van der Waals surface area contributed by atoms with E-state index in [2.05, 4.69) is 0 Å². The van der Waals surface area contributed by atoms with E-state index in [1.807, 2.05) is 0 Å². The van der Waals surface area contributed by atoms with Gasteiger partial charge in [-0.1, -0.05) is 25.1 Å². The summed E-state index contributed by atoms with van der Waals surface area (Å²) in [5.41, 5.74) is -4.13. The number of ether oxygens (including phenoxy) is 1. The summed E-state index contributed by atoms with van der Waals surface area (Å²) in [4.78, 5) is 0. The molecule has 0 heterocycles. The topological polar surface area (TPSA) is 29.5 Å². The van der Waals surface area contributed by atoms with Gasteiger partial charge in [0.25, 0.3) is 0 Å². The first-order valence-electron chi connectivity index (χ1n) is 9.98. The summed E-state index contributed by atoms with van der Waals surface area (Å²) < 4.78 is 206. The van der Waals surface area contributed by atoms with Crippen LogP contribution in [0.3, 0.4) is 0 Å². The first-order valence-corrected chi connectivity index (χ1v) is 9.98. The molecule has 0 amide bonds. The van der Waals surface area contributed by atoms with Gasteiger partial charge in [0.1, 0.15) is 5.75 Å². The molecule has 1 rings (SSSR count). The zero-order chi connectivity index (χ0) is 29.7. The van der Waals surface area contributed by atoms with Crippen molar-refractivity contribution in [1.29, 1.82) is 0 Å². The van der Waals surface area contributed by atoms with Gasteiger partial charge in [-0.25, -0.2) is 0 Å².